The van der Waals surface area contributed by atoms with E-state index in [1.165, 1.54) is 0 Å². The molecule has 6 nitrogen and oxygen atoms in total. The molecule has 0 atom stereocenters. The van der Waals surface area contributed by atoms with Gasteiger partial charge in [0.1, 0.15) is 0 Å². The quantitative estimate of drug-likeness (QED) is 0.461. The molecule has 0 radical (unpaired) electrons. The molecule has 1 rings (SSSR count). The van der Waals surface area contributed by atoms with Gasteiger partial charge >= 0.3 is 17.9 Å². The first-order valence-corrected chi connectivity index (χ1v) is 5.89. The molecule has 0 saturated carbocycles. The van der Waals surface area contributed by atoms with Crippen LogP contribution in [0.3, 0.4) is 0 Å². The fraction of sp³-hybridized carbons (Fsp3) is 0.214. The lowest BCUT2D eigenvalue weighted by atomic mass is 10.2. The molecule has 0 aromatic heterocycles. The summed E-state index contributed by atoms with van der Waals surface area (Å²) in [7, 11) is 0. The Hall–Kier alpha value is -2.63. The highest BCUT2D eigenvalue weighted by Crippen LogP contribution is 2.01. The zero-order chi connectivity index (χ0) is 14.8. The number of carbonyl (C=O) groups is 3. The third-order valence-corrected chi connectivity index (χ3v) is 2.14. The second kappa shape index (κ2) is 8.47. The van der Waals surface area contributed by atoms with E-state index >= 15 is 0 Å². The number of carboxylic acids is 1. The molecule has 1 aromatic carbocycles. The highest BCUT2D eigenvalue weighted by atomic mass is 16.5. The van der Waals surface area contributed by atoms with Crippen LogP contribution in [0.25, 0.3) is 0 Å². The molecule has 0 saturated heterocycles. The Kier molecular flexibility index (Phi) is 6.53. The predicted octanol–water partition coefficient (Wildman–Crippen LogP) is 1.42. The van der Waals surface area contributed by atoms with Crippen molar-refractivity contribution in [3.8, 4) is 0 Å². The first-order chi connectivity index (χ1) is 9.59. The molecule has 0 spiro atoms. The summed E-state index contributed by atoms with van der Waals surface area (Å²) in [5.41, 5.74) is 0.453. The van der Waals surface area contributed by atoms with Crippen molar-refractivity contribution in [2.24, 2.45) is 0 Å². The van der Waals surface area contributed by atoms with E-state index in [4.69, 9.17) is 14.6 Å². The van der Waals surface area contributed by atoms with Crippen molar-refractivity contribution in [2.75, 3.05) is 13.2 Å². The summed E-state index contributed by atoms with van der Waals surface area (Å²) in [6, 6.07) is 8.53. The van der Waals surface area contributed by atoms with E-state index in [0.29, 0.717) is 18.1 Å². The zero-order valence-electron chi connectivity index (χ0n) is 10.7. The van der Waals surface area contributed by atoms with Crippen LogP contribution in [0.4, 0.5) is 0 Å². The van der Waals surface area contributed by atoms with Gasteiger partial charge in [0.2, 0.25) is 0 Å². The molecule has 106 valence electrons. The van der Waals surface area contributed by atoms with Crippen molar-refractivity contribution >= 4 is 17.9 Å². The van der Waals surface area contributed by atoms with Crippen LogP contribution >= 0.6 is 0 Å². The van der Waals surface area contributed by atoms with Crippen LogP contribution in [0.2, 0.25) is 0 Å². The van der Waals surface area contributed by atoms with Crippen molar-refractivity contribution in [3.63, 3.8) is 0 Å². The fourth-order valence-corrected chi connectivity index (χ4v) is 1.24. The average Bonchev–Trinajstić information content (AvgIpc) is 2.45. The van der Waals surface area contributed by atoms with Gasteiger partial charge in [-0.25, -0.2) is 14.4 Å². The van der Waals surface area contributed by atoms with Gasteiger partial charge in [-0.15, -0.1) is 0 Å². The first-order valence-electron chi connectivity index (χ1n) is 5.89. The predicted molar refractivity (Wildman–Crippen MR) is 69.1 cm³/mol. The minimum absolute atomic E-state index is 0.0465. The lowest BCUT2D eigenvalue weighted by Gasteiger charge is -2.04. The van der Waals surface area contributed by atoms with Gasteiger partial charge in [-0.3, -0.25) is 0 Å². The Balaban J connectivity index is 2.15. The maximum Gasteiger partial charge on any atom is 0.338 e. The van der Waals surface area contributed by atoms with E-state index in [2.05, 4.69) is 0 Å². The van der Waals surface area contributed by atoms with Gasteiger partial charge in [0.25, 0.3) is 0 Å². The summed E-state index contributed by atoms with van der Waals surface area (Å²) in [5.74, 6) is -2.41. The summed E-state index contributed by atoms with van der Waals surface area (Å²) in [6.45, 7) is 0.161. The molecule has 0 aliphatic heterocycles. The Labute approximate surface area is 115 Å². The summed E-state index contributed by atoms with van der Waals surface area (Å²) >= 11 is 0. The standard InChI is InChI=1S/C14H14O6/c15-12(16)7-8-13(17)19-9-4-10-20-14(18)11-5-2-1-3-6-11/h1-3,5-8H,4,9-10H2,(H,15,16)/b8-7+. The Morgan fingerprint density at radius 3 is 2.30 bits per heavy atom. The molecular formula is C14H14O6. The maximum atomic E-state index is 11.5. The van der Waals surface area contributed by atoms with E-state index in [9.17, 15) is 14.4 Å². The Bertz CT molecular complexity index is 492. The van der Waals surface area contributed by atoms with Gasteiger partial charge in [-0.2, -0.15) is 0 Å². The lowest BCUT2D eigenvalue weighted by Crippen LogP contribution is -2.10. The monoisotopic (exact) mass is 278 g/mol. The molecular weight excluding hydrogens is 264 g/mol. The van der Waals surface area contributed by atoms with Gasteiger partial charge in [0.15, 0.2) is 0 Å². The van der Waals surface area contributed by atoms with E-state index in [1.54, 1.807) is 30.3 Å². The topological polar surface area (TPSA) is 89.9 Å². The number of benzene rings is 1. The largest absolute Gasteiger partial charge is 0.478 e. The number of ether oxygens (including phenoxy) is 2. The first kappa shape index (κ1) is 15.4. The molecule has 0 unspecified atom stereocenters. The number of rotatable bonds is 7. The molecule has 0 heterocycles. The Morgan fingerprint density at radius 1 is 1.00 bits per heavy atom. The van der Waals surface area contributed by atoms with Crippen LogP contribution in [0.15, 0.2) is 42.5 Å². The minimum atomic E-state index is -1.22. The summed E-state index contributed by atoms with van der Waals surface area (Å²) < 4.78 is 9.67. The zero-order valence-corrected chi connectivity index (χ0v) is 10.7. The summed E-state index contributed by atoms with van der Waals surface area (Å²) in [4.78, 5) is 32.6. The maximum absolute atomic E-state index is 11.5. The molecule has 0 aliphatic rings. The van der Waals surface area contributed by atoms with Gasteiger partial charge in [-0.1, -0.05) is 18.2 Å². The normalized spacial score (nSPS) is 10.2. The molecule has 0 bridgehead atoms. The highest BCUT2D eigenvalue weighted by molar-refractivity contribution is 5.90. The molecule has 0 aliphatic carbocycles. The number of carbonyl (C=O) groups excluding carboxylic acids is 2. The molecule has 0 fully saturated rings. The van der Waals surface area contributed by atoms with E-state index < -0.39 is 17.9 Å². The van der Waals surface area contributed by atoms with Crippen LogP contribution in [0.1, 0.15) is 16.8 Å². The number of carboxylic acid groups (broad SMARTS) is 1. The average molecular weight is 278 g/mol. The number of aliphatic carboxylic acids is 1. The minimum Gasteiger partial charge on any atom is -0.478 e. The molecule has 1 aromatic rings. The van der Waals surface area contributed by atoms with Crippen LogP contribution < -0.4 is 0 Å². The molecule has 0 amide bonds. The second-order valence-electron chi connectivity index (χ2n) is 3.69. The van der Waals surface area contributed by atoms with Crippen LogP contribution in [0.5, 0.6) is 0 Å². The van der Waals surface area contributed by atoms with Crippen molar-refractivity contribution in [3.05, 3.63) is 48.0 Å². The number of esters is 2. The van der Waals surface area contributed by atoms with Gasteiger partial charge < -0.3 is 14.6 Å². The van der Waals surface area contributed by atoms with Crippen LogP contribution in [-0.2, 0) is 19.1 Å². The highest BCUT2D eigenvalue weighted by Gasteiger charge is 2.05. The van der Waals surface area contributed by atoms with Crippen LogP contribution in [-0.4, -0.2) is 36.2 Å². The van der Waals surface area contributed by atoms with Gasteiger partial charge in [0, 0.05) is 18.6 Å². The number of hydrogen-bond acceptors (Lipinski definition) is 5. The Morgan fingerprint density at radius 2 is 1.65 bits per heavy atom. The molecule has 1 N–H and O–H groups in total. The number of hydrogen-bond donors (Lipinski definition) is 1. The SMILES string of the molecule is O=C(O)/C=C/C(=O)OCCCOC(=O)c1ccccc1. The van der Waals surface area contributed by atoms with Gasteiger partial charge in [0.05, 0.1) is 18.8 Å². The van der Waals surface area contributed by atoms with E-state index in [-0.39, 0.29) is 13.2 Å². The smallest absolute Gasteiger partial charge is 0.338 e. The van der Waals surface area contributed by atoms with Gasteiger partial charge in [-0.05, 0) is 12.1 Å². The molecule has 20 heavy (non-hydrogen) atoms. The van der Waals surface area contributed by atoms with Crippen molar-refractivity contribution in [2.45, 2.75) is 6.42 Å². The van der Waals surface area contributed by atoms with Crippen LogP contribution in [0, 0.1) is 0 Å². The van der Waals surface area contributed by atoms with Crippen molar-refractivity contribution in [1.82, 2.24) is 0 Å². The van der Waals surface area contributed by atoms with Crippen molar-refractivity contribution in [1.29, 1.82) is 0 Å². The third-order valence-electron chi connectivity index (χ3n) is 2.14. The second-order valence-corrected chi connectivity index (χ2v) is 3.69. The summed E-state index contributed by atoms with van der Waals surface area (Å²) in [5, 5.41) is 8.29. The van der Waals surface area contributed by atoms with Crippen molar-refractivity contribution < 1.29 is 29.0 Å². The lowest BCUT2D eigenvalue weighted by molar-refractivity contribution is -0.139. The van der Waals surface area contributed by atoms with E-state index in [1.807, 2.05) is 0 Å². The van der Waals surface area contributed by atoms with E-state index in [0.717, 1.165) is 6.08 Å². The fourth-order valence-electron chi connectivity index (χ4n) is 1.24. The molecule has 6 heteroatoms. The summed E-state index contributed by atoms with van der Waals surface area (Å²) in [6.07, 6.45) is 1.85. The third kappa shape index (κ3) is 6.34.